The van der Waals surface area contributed by atoms with Crippen LogP contribution < -0.4 is 5.73 Å². The van der Waals surface area contributed by atoms with Crippen LogP contribution in [0.3, 0.4) is 0 Å². The Morgan fingerprint density at radius 2 is 1.94 bits per heavy atom. The number of amides is 1. The van der Waals surface area contributed by atoms with Crippen molar-refractivity contribution in [2.45, 2.75) is 69.5 Å². The topological polar surface area (TPSA) is 149 Å². The zero-order valence-electron chi connectivity index (χ0n) is 18.0. The zero-order valence-corrected chi connectivity index (χ0v) is 18.0. The average molecular weight is 447 g/mol. The van der Waals surface area contributed by atoms with Crippen molar-refractivity contribution in [3.8, 4) is 0 Å². The quantitative estimate of drug-likeness (QED) is 0.625. The summed E-state index contributed by atoms with van der Waals surface area (Å²) in [7, 11) is 0. The molecule has 11 nitrogen and oxygen atoms in total. The van der Waals surface area contributed by atoms with Crippen molar-refractivity contribution in [2.75, 3.05) is 25.4 Å². The maximum Gasteiger partial charge on any atom is 0.410 e. The number of nitrogens with two attached hydrogens (primary N) is 1. The predicted molar refractivity (Wildman–Crippen MR) is 113 cm³/mol. The number of ether oxygens (including phenoxy) is 2. The van der Waals surface area contributed by atoms with Crippen molar-refractivity contribution in [1.29, 1.82) is 0 Å². The largest absolute Gasteiger partial charge is 0.446 e. The second-order valence-corrected chi connectivity index (χ2v) is 9.06. The normalized spacial score (nSPS) is 27.4. The Morgan fingerprint density at radius 3 is 2.62 bits per heavy atom. The van der Waals surface area contributed by atoms with Gasteiger partial charge in [-0.05, 0) is 44.4 Å². The molecule has 3 aliphatic rings. The summed E-state index contributed by atoms with van der Waals surface area (Å²) < 4.78 is 12.7. The molecular formula is C21H30N6O5. The number of carbonyl (C=O) groups is 1. The molecule has 0 radical (unpaired) electrons. The van der Waals surface area contributed by atoms with Crippen molar-refractivity contribution in [1.82, 2.24) is 24.4 Å². The average Bonchev–Trinajstić information content (AvgIpc) is 3.51. The van der Waals surface area contributed by atoms with E-state index in [1.54, 1.807) is 9.47 Å². The van der Waals surface area contributed by atoms with Crippen LogP contribution in [-0.2, 0) is 15.9 Å². The molecule has 0 bridgehead atoms. The van der Waals surface area contributed by atoms with Gasteiger partial charge in [0.1, 0.15) is 29.7 Å². The van der Waals surface area contributed by atoms with E-state index in [2.05, 4.69) is 15.0 Å². The smallest absolute Gasteiger partial charge is 0.410 e. The minimum atomic E-state index is -1.07. The van der Waals surface area contributed by atoms with E-state index in [1.807, 2.05) is 0 Å². The first-order valence-corrected chi connectivity index (χ1v) is 11.4. The third-order valence-electron chi connectivity index (χ3n) is 6.81. The molecule has 1 amide bonds. The van der Waals surface area contributed by atoms with E-state index in [1.165, 1.54) is 6.33 Å². The lowest BCUT2D eigenvalue weighted by atomic mass is 9.93. The Bertz CT molecular complexity index is 969. The van der Waals surface area contributed by atoms with Gasteiger partial charge in [0.05, 0.1) is 12.9 Å². The fourth-order valence-electron chi connectivity index (χ4n) is 4.89. The molecule has 3 fully saturated rings. The number of likely N-dealkylation sites (tertiary alicyclic amines) is 1. The van der Waals surface area contributed by atoms with Crippen LogP contribution >= 0.6 is 0 Å². The lowest BCUT2D eigenvalue weighted by Gasteiger charge is -2.31. The summed E-state index contributed by atoms with van der Waals surface area (Å²) >= 11 is 0. The number of aliphatic hydroxyl groups is 2. The highest BCUT2D eigenvalue weighted by Crippen LogP contribution is 2.29. The second-order valence-electron chi connectivity index (χ2n) is 9.06. The molecule has 2 aliphatic heterocycles. The second kappa shape index (κ2) is 8.80. The molecule has 4 heterocycles. The maximum absolute atomic E-state index is 12.4. The van der Waals surface area contributed by atoms with Crippen molar-refractivity contribution >= 4 is 23.1 Å². The molecule has 1 saturated carbocycles. The summed E-state index contributed by atoms with van der Waals surface area (Å²) in [6.45, 7) is 1.36. The molecule has 2 saturated heterocycles. The van der Waals surface area contributed by atoms with Crippen LogP contribution in [0, 0.1) is 5.92 Å². The number of nitrogens with zero attached hydrogens (tertiary/aromatic N) is 5. The molecule has 5 rings (SSSR count). The highest BCUT2D eigenvalue weighted by atomic mass is 16.6. The number of nitrogen functional groups attached to an aromatic ring is 1. The lowest BCUT2D eigenvalue weighted by molar-refractivity contribution is -0.0163. The van der Waals surface area contributed by atoms with Gasteiger partial charge in [0.2, 0.25) is 0 Å². The number of fused-ring (bicyclic) bond motifs is 1. The fourth-order valence-corrected chi connectivity index (χ4v) is 4.89. The van der Waals surface area contributed by atoms with Gasteiger partial charge in [-0.25, -0.2) is 19.7 Å². The van der Waals surface area contributed by atoms with Crippen LogP contribution in [0.5, 0.6) is 0 Å². The Hall–Kier alpha value is -2.50. The number of anilines is 1. The molecule has 2 aromatic heterocycles. The van der Waals surface area contributed by atoms with Gasteiger partial charge in [0.25, 0.3) is 0 Å². The molecule has 2 unspecified atom stereocenters. The number of aliphatic hydroxyl groups excluding tert-OH is 2. The Kier molecular flexibility index (Phi) is 5.87. The maximum atomic E-state index is 12.4. The molecule has 174 valence electrons. The van der Waals surface area contributed by atoms with Crippen molar-refractivity contribution in [3.63, 3.8) is 0 Å². The first kappa shape index (κ1) is 21.4. The molecule has 0 spiro atoms. The number of rotatable bonds is 4. The van der Waals surface area contributed by atoms with E-state index in [0.717, 1.165) is 38.5 Å². The predicted octanol–water partition coefficient (Wildman–Crippen LogP) is 0.993. The summed E-state index contributed by atoms with van der Waals surface area (Å²) in [6.07, 6.45) is 5.13. The molecule has 0 aromatic carbocycles. The molecular weight excluding hydrogens is 416 g/mol. The van der Waals surface area contributed by atoms with Gasteiger partial charge >= 0.3 is 6.09 Å². The minimum absolute atomic E-state index is 0.0423. The SMILES string of the molecule is Nc1nc(CC2CCN(C(=O)OC3CCCC3)CC2)nc2c1ncn2[C@@H]1OCC(O)C1O. The molecule has 3 atom stereocenters. The lowest BCUT2D eigenvalue weighted by Crippen LogP contribution is -2.40. The molecule has 32 heavy (non-hydrogen) atoms. The van der Waals surface area contributed by atoms with Crippen LogP contribution in [0.4, 0.5) is 10.6 Å². The Labute approximate surface area is 185 Å². The number of carbonyl (C=O) groups excluding carboxylic acids is 1. The van der Waals surface area contributed by atoms with Crippen LogP contribution in [0.1, 0.15) is 50.6 Å². The number of hydrogen-bond donors (Lipinski definition) is 3. The van der Waals surface area contributed by atoms with Crippen LogP contribution in [0.2, 0.25) is 0 Å². The van der Waals surface area contributed by atoms with Crippen molar-refractivity contribution in [3.05, 3.63) is 12.2 Å². The van der Waals surface area contributed by atoms with E-state index < -0.39 is 18.4 Å². The van der Waals surface area contributed by atoms with Gasteiger partial charge in [-0.15, -0.1) is 0 Å². The fraction of sp³-hybridized carbons (Fsp3) is 0.714. The van der Waals surface area contributed by atoms with E-state index in [4.69, 9.17) is 15.2 Å². The van der Waals surface area contributed by atoms with Crippen molar-refractivity contribution < 1.29 is 24.5 Å². The number of hydrogen-bond acceptors (Lipinski definition) is 9. The number of piperidine rings is 1. The summed E-state index contributed by atoms with van der Waals surface area (Å²) in [5.41, 5.74) is 7.04. The summed E-state index contributed by atoms with van der Waals surface area (Å²) in [5, 5.41) is 20.0. The molecule has 2 aromatic rings. The Morgan fingerprint density at radius 1 is 1.19 bits per heavy atom. The van der Waals surface area contributed by atoms with Crippen LogP contribution in [0.25, 0.3) is 11.2 Å². The van der Waals surface area contributed by atoms with Gasteiger partial charge in [-0.2, -0.15) is 0 Å². The van der Waals surface area contributed by atoms with Crippen LogP contribution in [-0.4, -0.2) is 78.7 Å². The summed E-state index contributed by atoms with van der Waals surface area (Å²) in [4.78, 5) is 27.5. The van der Waals surface area contributed by atoms with E-state index in [0.29, 0.717) is 42.4 Å². The van der Waals surface area contributed by atoms with E-state index >= 15 is 0 Å². The van der Waals surface area contributed by atoms with E-state index in [-0.39, 0.29) is 24.6 Å². The van der Waals surface area contributed by atoms with Crippen LogP contribution in [0.15, 0.2) is 6.33 Å². The van der Waals surface area contributed by atoms with Gasteiger partial charge in [0.15, 0.2) is 17.7 Å². The van der Waals surface area contributed by atoms with Gasteiger partial charge in [0, 0.05) is 19.5 Å². The number of aromatic nitrogens is 4. The van der Waals surface area contributed by atoms with Crippen molar-refractivity contribution in [2.24, 2.45) is 5.92 Å². The third kappa shape index (κ3) is 4.12. The van der Waals surface area contributed by atoms with Gasteiger partial charge in [-0.3, -0.25) is 4.57 Å². The first-order chi connectivity index (χ1) is 15.5. The van der Waals surface area contributed by atoms with Gasteiger partial charge < -0.3 is 30.3 Å². The summed E-state index contributed by atoms with van der Waals surface area (Å²) in [5.74, 6) is 1.19. The number of imidazole rings is 1. The molecule has 1 aliphatic carbocycles. The van der Waals surface area contributed by atoms with E-state index in [9.17, 15) is 15.0 Å². The summed E-state index contributed by atoms with van der Waals surface area (Å²) in [6, 6.07) is 0. The third-order valence-corrected chi connectivity index (χ3v) is 6.81. The zero-order chi connectivity index (χ0) is 22.2. The monoisotopic (exact) mass is 446 g/mol. The highest BCUT2D eigenvalue weighted by Gasteiger charge is 2.37. The standard InChI is InChI=1S/C21H30N6O5/c22-18-16-19(27(11-23-16)20-17(29)14(28)10-31-20)25-15(24-18)9-12-5-7-26(8-6-12)21(30)32-13-3-1-2-4-13/h11-14,17,20,28-29H,1-10H2,(H2,22,24,25)/t14?,17?,20-/m1/s1. The minimum Gasteiger partial charge on any atom is -0.446 e. The molecule has 11 heteroatoms. The van der Waals surface area contributed by atoms with Gasteiger partial charge in [-0.1, -0.05) is 0 Å². The Balaban J connectivity index is 1.24. The first-order valence-electron chi connectivity index (χ1n) is 11.4. The molecule has 4 N–H and O–H groups in total. The highest BCUT2D eigenvalue weighted by molar-refractivity contribution is 5.81.